The molecular weight excluding hydrogens is 925 g/mol. The number of nitrogens with zero attached hydrogens (tertiary/aromatic N) is 4. The molecule has 0 fully saturated rings. The molecule has 0 aliphatic carbocycles. The molecule has 0 atom stereocenters. The van der Waals surface area contributed by atoms with Crippen LogP contribution in [-0.2, 0) is 4.75 Å². The van der Waals surface area contributed by atoms with E-state index in [4.69, 9.17) is 12.6 Å². The van der Waals surface area contributed by atoms with Gasteiger partial charge >= 0.3 is 0 Å². The van der Waals surface area contributed by atoms with E-state index >= 15 is 0 Å². The highest BCUT2D eigenvalue weighted by Crippen LogP contribution is 2.56. The molecule has 11 aromatic carbocycles. The average molecular weight is 967 g/mol. The largest absolute Gasteiger partial charge is 0.309 e. The van der Waals surface area contributed by atoms with Gasteiger partial charge in [0.1, 0.15) is 0 Å². The van der Waals surface area contributed by atoms with Gasteiger partial charge in [-0.1, -0.05) is 163 Å². The van der Waals surface area contributed by atoms with Gasteiger partial charge in [0.2, 0.25) is 0 Å². The summed E-state index contributed by atoms with van der Waals surface area (Å²) in [6.45, 7) is 0. The Hall–Kier alpha value is -8.68. The third-order valence-corrected chi connectivity index (χ3v) is 17.5. The van der Waals surface area contributed by atoms with Crippen LogP contribution in [0.3, 0.4) is 0 Å². The van der Waals surface area contributed by atoms with Crippen molar-refractivity contribution in [2.24, 2.45) is 0 Å². The summed E-state index contributed by atoms with van der Waals surface area (Å²) < 4.78 is 9.06. The average Bonchev–Trinajstić information content (AvgIpc) is 4.16. The summed E-state index contributed by atoms with van der Waals surface area (Å²) in [6.07, 6.45) is 0. The van der Waals surface area contributed by atoms with Crippen molar-refractivity contribution in [2.75, 3.05) is 0 Å². The van der Waals surface area contributed by atoms with E-state index in [1.807, 2.05) is 11.8 Å². The minimum Gasteiger partial charge on any atom is -0.309 e. The van der Waals surface area contributed by atoms with Crippen molar-refractivity contribution >= 4 is 112 Å². The molecule has 0 bridgehead atoms. The summed E-state index contributed by atoms with van der Waals surface area (Å²) in [5, 5.41) is 9.93. The van der Waals surface area contributed by atoms with Crippen molar-refractivity contribution in [3.05, 3.63) is 265 Å². The van der Waals surface area contributed by atoms with Crippen LogP contribution in [0.4, 0.5) is 0 Å². The number of hydrogen-bond donors (Lipinski definition) is 1. The van der Waals surface area contributed by atoms with Crippen molar-refractivity contribution < 1.29 is 0 Å². The zero-order valence-corrected chi connectivity index (χ0v) is 41.0. The Morgan fingerprint density at radius 3 is 0.945 bits per heavy atom. The number of aromatic nitrogens is 4. The van der Waals surface area contributed by atoms with Crippen LogP contribution in [0, 0.1) is 0 Å². The zero-order valence-electron chi connectivity index (χ0n) is 39.3. The SMILES string of the molecule is SC1(c2ccccc2)c2ccc(-n3c4ccccc4c4cc5c6ccccc6n(-c6ccccc6)c5cc43)cc2Sc2cc(-n3c4ccccc4c4cc5c6ccccc6n(-c6ccccc6)c5cc43)ccc21. The number of hydrogen-bond acceptors (Lipinski definition) is 2. The molecule has 16 rings (SSSR count). The molecule has 0 N–H and O–H groups in total. The summed E-state index contributed by atoms with van der Waals surface area (Å²) >= 11 is 7.69. The van der Waals surface area contributed by atoms with E-state index in [0.717, 1.165) is 28.3 Å². The van der Waals surface area contributed by atoms with Gasteiger partial charge in [0.15, 0.2) is 0 Å². The molecule has 4 nitrogen and oxygen atoms in total. The Morgan fingerprint density at radius 1 is 0.260 bits per heavy atom. The van der Waals surface area contributed by atoms with Crippen LogP contribution in [0.25, 0.3) is 110 Å². The maximum atomic E-state index is 5.84. The van der Waals surface area contributed by atoms with Crippen LogP contribution in [-0.4, -0.2) is 18.3 Å². The first-order chi connectivity index (χ1) is 36.1. The second kappa shape index (κ2) is 15.4. The number of thiol groups is 1. The molecule has 73 heavy (non-hydrogen) atoms. The van der Waals surface area contributed by atoms with Gasteiger partial charge in [-0.15, -0.1) is 0 Å². The lowest BCUT2D eigenvalue weighted by atomic mass is 9.83. The predicted molar refractivity (Wildman–Crippen MR) is 310 cm³/mol. The topological polar surface area (TPSA) is 19.7 Å². The molecule has 0 saturated heterocycles. The second-order valence-electron chi connectivity index (χ2n) is 19.4. The van der Waals surface area contributed by atoms with Crippen LogP contribution >= 0.6 is 24.4 Å². The normalized spacial score (nSPS) is 13.3. The summed E-state index contributed by atoms with van der Waals surface area (Å²) in [4.78, 5) is 2.37. The van der Waals surface area contributed by atoms with Crippen LogP contribution in [0.15, 0.2) is 259 Å². The lowest BCUT2D eigenvalue weighted by molar-refractivity contribution is 0.836. The first kappa shape index (κ1) is 41.0. The first-order valence-corrected chi connectivity index (χ1v) is 26.2. The summed E-state index contributed by atoms with van der Waals surface area (Å²) in [7, 11) is 0. The maximum Gasteiger partial charge on any atom is 0.0900 e. The van der Waals surface area contributed by atoms with Gasteiger partial charge in [-0.25, -0.2) is 0 Å². The number of para-hydroxylation sites is 6. The van der Waals surface area contributed by atoms with E-state index in [-0.39, 0.29) is 0 Å². The fourth-order valence-corrected chi connectivity index (χ4v) is 14.4. The standard InChI is InChI=1S/C67H42N4S2/c72-67(42-18-4-1-5-19-42)55-34-32-45(70-59-30-16-12-26-49(59)53-38-51-47-24-10-14-28-57(47)68(61(51)40-63(53)70)43-20-6-2-7-21-43)36-65(55)73-66-37-46(33-35-56(66)67)71-60-31-17-13-27-50(60)54-39-52-48-25-11-15-29-58(48)69(62(52)41-64(54)71)44-22-8-3-9-23-44/h1-41,72H. The van der Waals surface area contributed by atoms with Crippen LogP contribution < -0.4 is 0 Å². The summed E-state index contributed by atoms with van der Waals surface area (Å²) in [5.74, 6) is 0. The van der Waals surface area contributed by atoms with E-state index in [1.54, 1.807) is 0 Å². The van der Waals surface area contributed by atoms with Crippen LogP contribution in [0.5, 0.6) is 0 Å². The molecule has 15 aromatic rings. The summed E-state index contributed by atoms with van der Waals surface area (Å²) in [5.41, 5.74) is 17.5. The van der Waals surface area contributed by atoms with E-state index in [0.29, 0.717) is 0 Å². The van der Waals surface area contributed by atoms with Crippen molar-refractivity contribution in [1.82, 2.24) is 18.3 Å². The van der Waals surface area contributed by atoms with Crippen molar-refractivity contribution in [3.8, 4) is 22.7 Å². The Morgan fingerprint density at radius 2 is 0.575 bits per heavy atom. The van der Waals surface area contributed by atoms with Gasteiger partial charge in [0, 0.05) is 75.6 Å². The van der Waals surface area contributed by atoms with E-state index in [2.05, 4.69) is 267 Å². The van der Waals surface area contributed by atoms with Gasteiger partial charge < -0.3 is 18.3 Å². The molecule has 0 radical (unpaired) electrons. The molecule has 0 saturated carbocycles. The molecule has 4 aromatic heterocycles. The molecule has 5 heterocycles. The van der Waals surface area contributed by atoms with Gasteiger partial charge in [0.25, 0.3) is 0 Å². The zero-order chi connectivity index (χ0) is 47.9. The lowest BCUT2D eigenvalue weighted by Gasteiger charge is -2.38. The molecule has 342 valence electrons. The predicted octanol–water partition coefficient (Wildman–Crippen LogP) is 17.8. The summed E-state index contributed by atoms with van der Waals surface area (Å²) in [6, 6.07) is 91.4. The van der Waals surface area contributed by atoms with Crippen LogP contribution in [0.2, 0.25) is 0 Å². The Kier molecular flexibility index (Phi) is 8.65. The Bertz CT molecular complexity index is 4490. The third kappa shape index (κ3) is 5.76. The van der Waals surface area contributed by atoms with Crippen molar-refractivity contribution in [1.29, 1.82) is 0 Å². The minimum atomic E-state index is -0.721. The molecular formula is C67H42N4S2. The van der Waals surface area contributed by atoms with Crippen molar-refractivity contribution in [2.45, 2.75) is 14.5 Å². The third-order valence-electron chi connectivity index (χ3n) is 15.6. The lowest BCUT2D eigenvalue weighted by Crippen LogP contribution is -2.27. The number of fused-ring (bicyclic) bond motifs is 14. The van der Waals surface area contributed by atoms with Gasteiger partial charge in [-0.3, -0.25) is 0 Å². The Balaban J connectivity index is 0.917. The number of benzene rings is 11. The van der Waals surface area contributed by atoms with Gasteiger partial charge in [0.05, 0.1) is 48.9 Å². The fraction of sp³-hybridized carbons (Fsp3) is 0.0149. The van der Waals surface area contributed by atoms with Crippen LogP contribution in [0.1, 0.15) is 16.7 Å². The monoisotopic (exact) mass is 966 g/mol. The maximum absolute atomic E-state index is 5.84. The van der Waals surface area contributed by atoms with Gasteiger partial charge in [-0.05, 0) is 114 Å². The Labute approximate surface area is 430 Å². The fourth-order valence-electron chi connectivity index (χ4n) is 12.4. The van der Waals surface area contributed by atoms with E-state index in [9.17, 15) is 0 Å². The highest BCUT2D eigenvalue weighted by atomic mass is 32.2. The highest BCUT2D eigenvalue weighted by Gasteiger charge is 2.40. The smallest absolute Gasteiger partial charge is 0.0900 e. The molecule has 0 unspecified atom stereocenters. The second-order valence-corrected chi connectivity index (χ2v) is 21.1. The molecule has 1 aliphatic rings. The molecule has 6 heteroatoms. The molecule has 0 amide bonds. The van der Waals surface area contributed by atoms with E-state index < -0.39 is 4.75 Å². The first-order valence-electron chi connectivity index (χ1n) is 24.9. The number of rotatable bonds is 5. The van der Waals surface area contributed by atoms with E-state index in [1.165, 1.54) is 108 Å². The highest BCUT2D eigenvalue weighted by molar-refractivity contribution is 7.99. The van der Waals surface area contributed by atoms with Gasteiger partial charge in [-0.2, -0.15) is 12.6 Å². The van der Waals surface area contributed by atoms with Crippen molar-refractivity contribution in [3.63, 3.8) is 0 Å². The molecule has 0 spiro atoms. The molecule has 1 aliphatic heterocycles. The minimum absolute atomic E-state index is 0.721. The quantitative estimate of drug-likeness (QED) is 0.170.